The predicted octanol–water partition coefficient (Wildman–Crippen LogP) is 2.26. The average molecular weight is 150 g/mol. The third-order valence-electron chi connectivity index (χ3n) is 0.954. The molecule has 0 aliphatic carbocycles. The first kappa shape index (κ1) is 8.70. The fourth-order valence-corrected chi connectivity index (χ4v) is 1.19. The molecule has 0 heterocycles. The average Bonchev–Trinajstić information content (AvgIpc) is 1.65. The van der Waals surface area contributed by atoms with E-state index in [0.717, 1.165) is 11.7 Å². The lowest BCUT2D eigenvalue weighted by Gasteiger charge is -2.08. The second-order valence-corrected chi connectivity index (χ2v) is 3.56. The molecule has 0 aromatic rings. The Morgan fingerprint density at radius 2 is 1.88 bits per heavy atom. The van der Waals surface area contributed by atoms with E-state index in [1.165, 1.54) is 6.42 Å². The molecule has 0 fully saturated rings. The van der Waals surface area contributed by atoms with Crippen molar-refractivity contribution >= 4 is 25.3 Å². The molecule has 0 spiro atoms. The third kappa shape index (κ3) is 4.85. The largest absolute Gasteiger partial charge is 0.178 e. The first-order valence-electron chi connectivity index (χ1n) is 2.95. The molecule has 1 atom stereocenters. The summed E-state index contributed by atoms with van der Waals surface area (Å²) in [6.07, 6.45) is 1.17. The highest BCUT2D eigenvalue weighted by molar-refractivity contribution is 7.84. The summed E-state index contributed by atoms with van der Waals surface area (Å²) in [5.41, 5.74) is 0. The quantitative estimate of drug-likeness (QED) is 0.567. The molecular formula is C6H14S2. The lowest BCUT2D eigenvalue weighted by atomic mass is 10.1. The lowest BCUT2D eigenvalue weighted by Crippen LogP contribution is -2.04. The fourth-order valence-electron chi connectivity index (χ4n) is 0.619. The normalized spacial score (nSPS) is 14.6. The molecule has 0 bridgehead atoms. The van der Waals surface area contributed by atoms with E-state index in [1.807, 2.05) is 0 Å². The number of rotatable bonds is 3. The van der Waals surface area contributed by atoms with E-state index in [-0.39, 0.29) is 0 Å². The van der Waals surface area contributed by atoms with E-state index in [4.69, 9.17) is 0 Å². The molecule has 2 heteroatoms. The van der Waals surface area contributed by atoms with Crippen molar-refractivity contribution in [3.8, 4) is 0 Å². The monoisotopic (exact) mass is 150 g/mol. The number of thiol groups is 2. The first-order valence-corrected chi connectivity index (χ1v) is 4.10. The molecule has 0 rings (SSSR count). The highest BCUT2D eigenvalue weighted by Crippen LogP contribution is 2.10. The zero-order valence-corrected chi connectivity index (χ0v) is 7.25. The molecule has 0 nitrogen and oxygen atoms in total. The summed E-state index contributed by atoms with van der Waals surface area (Å²) >= 11 is 8.41. The Kier molecular flexibility index (Phi) is 4.97. The van der Waals surface area contributed by atoms with E-state index < -0.39 is 0 Å². The molecule has 0 N–H and O–H groups in total. The van der Waals surface area contributed by atoms with Gasteiger partial charge in [0.2, 0.25) is 0 Å². The maximum absolute atomic E-state index is 4.29. The van der Waals surface area contributed by atoms with Crippen molar-refractivity contribution in [1.29, 1.82) is 0 Å². The van der Waals surface area contributed by atoms with Gasteiger partial charge in [0, 0.05) is 11.0 Å². The third-order valence-corrected chi connectivity index (χ3v) is 2.08. The molecule has 0 aliphatic heterocycles. The summed E-state index contributed by atoms with van der Waals surface area (Å²) in [4.78, 5) is 0. The van der Waals surface area contributed by atoms with Crippen molar-refractivity contribution in [2.24, 2.45) is 5.92 Å². The zero-order valence-electron chi connectivity index (χ0n) is 5.46. The zero-order chi connectivity index (χ0) is 6.57. The molecule has 0 aromatic carbocycles. The van der Waals surface area contributed by atoms with Gasteiger partial charge in [-0.05, 0) is 12.3 Å². The van der Waals surface area contributed by atoms with Crippen LogP contribution in [0.15, 0.2) is 0 Å². The second kappa shape index (κ2) is 4.57. The Bertz CT molecular complexity index is 52.5. The summed E-state index contributed by atoms with van der Waals surface area (Å²) < 4.78 is 0. The Balaban J connectivity index is 3.10. The Labute approximate surface area is 62.9 Å². The molecular weight excluding hydrogens is 136 g/mol. The van der Waals surface area contributed by atoms with Gasteiger partial charge in [0.1, 0.15) is 0 Å². The minimum absolute atomic E-state index is 0.485. The van der Waals surface area contributed by atoms with Crippen molar-refractivity contribution in [3.05, 3.63) is 0 Å². The van der Waals surface area contributed by atoms with E-state index >= 15 is 0 Å². The van der Waals surface area contributed by atoms with Crippen LogP contribution in [0.4, 0.5) is 0 Å². The van der Waals surface area contributed by atoms with Crippen LogP contribution in [-0.2, 0) is 0 Å². The van der Waals surface area contributed by atoms with E-state index in [2.05, 4.69) is 39.1 Å². The van der Waals surface area contributed by atoms with Crippen LogP contribution in [0.2, 0.25) is 0 Å². The maximum atomic E-state index is 4.29. The summed E-state index contributed by atoms with van der Waals surface area (Å²) in [5, 5.41) is 0.485. The van der Waals surface area contributed by atoms with Gasteiger partial charge in [-0.25, -0.2) is 0 Å². The molecule has 8 heavy (non-hydrogen) atoms. The Morgan fingerprint density at radius 1 is 1.38 bits per heavy atom. The van der Waals surface area contributed by atoms with Crippen LogP contribution in [-0.4, -0.2) is 11.0 Å². The number of hydrogen-bond donors (Lipinski definition) is 2. The molecule has 0 saturated carbocycles. The molecule has 0 aromatic heterocycles. The highest BCUT2D eigenvalue weighted by Gasteiger charge is 2.01. The summed E-state index contributed by atoms with van der Waals surface area (Å²) in [7, 11) is 0. The predicted molar refractivity (Wildman–Crippen MR) is 46.1 cm³/mol. The first-order chi connectivity index (χ1) is 3.66. The molecule has 0 saturated heterocycles. The smallest absolute Gasteiger partial charge is 0.0107 e. The Morgan fingerprint density at radius 3 is 2.00 bits per heavy atom. The molecule has 0 radical (unpaired) electrons. The van der Waals surface area contributed by atoms with Crippen LogP contribution >= 0.6 is 25.3 Å². The van der Waals surface area contributed by atoms with Gasteiger partial charge >= 0.3 is 0 Å². The van der Waals surface area contributed by atoms with Crippen LogP contribution in [0.3, 0.4) is 0 Å². The topological polar surface area (TPSA) is 0 Å². The number of hydrogen-bond acceptors (Lipinski definition) is 2. The van der Waals surface area contributed by atoms with Crippen LogP contribution in [0.1, 0.15) is 20.3 Å². The van der Waals surface area contributed by atoms with Crippen molar-refractivity contribution in [1.82, 2.24) is 0 Å². The van der Waals surface area contributed by atoms with Crippen LogP contribution in [0.25, 0.3) is 0 Å². The molecule has 1 unspecified atom stereocenters. The fraction of sp³-hybridized carbons (Fsp3) is 1.00. The second-order valence-electron chi connectivity index (χ2n) is 2.47. The van der Waals surface area contributed by atoms with Crippen LogP contribution < -0.4 is 0 Å². The SMILES string of the molecule is CC(C)CC(S)CS. The van der Waals surface area contributed by atoms with E-state index in [9.17, 15) is 0 Å². The standard InChI is InChI=1S/C6H14S2/c1-5(2)3-6(8)4-7/h5-8H,3-4H2,1-2H3. The van der Waals surface area contributed by atoms with Crippen molar-refractivity contribution in [2.75, 3.05) is 5.75 Å². The minimum atomic E-state index is 0.485. The Hall–Kier alpha value is 0.700. The van der Waals surface area contributed by atoms with Gasteiger partial charge in [-0.3, -0.25) is 0 Å². The van der Waals surface area contributed by atoms with Gasteiger partial charge in [-0.15, -0.1) is 0 Å². The summed E-state index contributed by atoms with van der Waals surface area (Å²) in [5.74, 6) is 1.64. The van der Waals surface area contributed by atoms with E-state index in [1.54, 1.807) is 0 Å². The summed E-state index contributed by atoms with van der Waals surface area (Å²) in [6, 6.07) is 0. The lowest BCUT2D eigenvalue weighted by molar-refractivity contribution is 0.590. The summed E-state index contributed by atoms with van der Waals surface area (Å²) in [6.45, 7) is 4.40. The molecule has 50 valence electrons. The van der Waals surface area contributed by atoms with Gasteiger partial charge in [0.15, 0.2) is 0 Å². The maximum Gasteiger partial charge on any atom is 0.0107 e. The van der Waals surface area contributed by atoms with Crippen molar-refractivity contribution in [2.45, 2.75) is 25.5 Å². The molecule has 0 aliphatic rings. The van der Waals surface area contributed by atoms with Gasteiger partial charge < -0.3 is 0 Å². The van der Waals surface area contributed by atoms with Gasteiger partial charge in [0.25, 0.3) is 0 Å². The molecule has 0 amide bonds. The minimum Gasteiger partial charge on any atom is -0.178 e. The van der Waals surface area contributed by atoms with Crippen LogP contribution in [0, 0.1) is 5.92 Å². The van der Waals surface area contributed by atoms with Crippen molar-refractivity contribution < 1.29 is 0 Å². The van der Waals surface area contributed by atoms with Crippen molar-refractivity contribution in [3.63, 3.8) is 0 Å². The highest BCUT2D eigenvalue weighted by atomic mass is 32.1. The van der Waals surface area contributed by atoms with Gasteiger partial charge in [-0.2, -0.15) is 25.3 Å². The van der Waals surface area contributed by atoms with Gasteiger partial charge in [-0.1, -0.05) is 13.8 Å². The van der Waals surface area contributed by atoms with E-state index in [0.29, 0.717) is 5.25 Å². The van der Waals surface area contributed by atoms with Gasteiger partial charge in [0.05, 0.1) is 0 Å². The van der Waals surface area contributed by atoms with Crippen LogP contribution in [0.5, 0.6) is 0 Å².